The number of allylic oxidation sites excluding steroid dienone is 2. The minimum Gasteiger partial charge on any atom is -0.437 e. The van der Waals surface area contributed by atoms with Gasteiger partial charge < -0.3 is 23.4 Å². The fraction of sp³-hybridized carbons (Fsp3) is 0.484. The maximum absolute atomic E-state index is 13.2. The zero-order valence-corrected chi connectivity index (χ0v) is 27.2. The molecule has 246 valence electrons. The maximum atomic E-state index is 13.2. The summed E-state index contributed by atoms with van der Waals surface area (Å²) in [5.41, 5.74) is 1.82. The number of fused-ring (bicyclic) bond motifs is 1. The third-order valence-corrected chi connectivity index (χ3v) is 7.76. The summed E-state index contributed by atoms with van der Waals surface area (Å²) in [7, 11) is -3.99. The van der Waals surface area contributed by atoms with Gasteiger partial charge in [-0.3, -0.25) is 18.2 Å². The topological polar surface area (TPSA) is 155 Å². The van der Waals surface area contributed by atoms with Gasteiger partial charge >= 0.3 is 25.6 Å². The van der Waals surface area contributed by atoms with Gasteiger partial charge in [-0.25, -0.2) is 14.4 Å². The van der Waals surface area contributed by atoms with Gasteiger partial charge in [0.15, 0.2) is 0 Å². The van der Waals surface area contributed by atoms with E-state index in [2.05, 4.69) is 24.0 Å². The number of hydrogen-bond donors (Lipinski definition) is 0. The number of unbranched alkanes of at least 4 members (excludes halogenated alkanes) is 2. The van der Waals surface area contributed by atoms with Crippen molar-refractivity contribution < 1.29 is 46.6 Å². The summed E-state index contributed by atoms with van der Waals surface area (Å²) in [4.78, 5) is 39.9. The Bertz CT molecular complexity index is 1490. The van der Waals surface area contributed by atoms with Crippen LogP contribution >= 0.6 is 7.60 Å². The molecule has 0 N–H and O–H groups in total. The molecule has 0 unspecified atom stereocenters. The van der Waals surface area contributed by atoms with Gasteiger partial charge in [-0.1, -0.05) is 56.2 Å². The summed E-state index contributed by atoms with van der Waals surface area (Å²) in [5, 5.41) is 0.637. The fourth-order valence-electron chi connectivity index (χ4n) is 3.93. The first-order valence-electron chi connectivity index (χ1n) is 14.8. The number of furan rings is 1. The third-order valence-electron chi connectivity index (χ3n) is 6.10. The SMILES string of the molecule is CCCCCc1ccc(-c2cc3cn(C/C=C/CP(=O)(OCOC(=O)OC(C)C)OCOC(=O)OC(C)C)c(=O)nc3o2)cc1. The second-order valence-corrected chi connectivity index (χ2v) is 12.7. The summed E-state index contributed by atoms with van der Waals surface area (Å²) in [6, 6.07) is 9.96. The first-order chi connectivity index (χ1) is 21.5. The quantitative estimate of drug-likeness (QED) is 0.0477. The zero-order valence-electron chi connectivity index (χ0n) is 26.3. The summed E-state index contributed by atoms with van der Waals surface area (Å²) in [6.07, 6.45) is 5.99. The van der Waals surface area contributed by atoms with Crippen molar-refractivity contribution in [2.24, 2.45) is 0 Å². The van der Waals surface area contributed by atoms with Gasteiger partial charge in [0.2, 0.25) is 19.3 Å². The third kappa shape index (κ3) is 12.2. The molecule has 0 saturated heterocycles. The molecule has 45 heavy (non-hydrogen) atoms. The van der Waals surface area contributed by atoms with E-state index < -0.39 is 51.4 Å². The first-order valence-corrected chi connectivity index (χ1v) is 16.5. The average molecular weight is 649 g/mol. The Morgan fingerprint density at radius 3 is 2.16 bits per heavy atom. The van der Waals surface area contributed by atoms with Crippen LogP contribution in [-0.4, -0.2) is 53.8 Å². The largest absolute Gasteiger partial charge is 0.510 e. The van der Waals surface area contributed by atoms with Crippen molar-refractivity contribution in [1.82, 2.24) is 9.55 Å². The minimum absolute atomic E-state index is 0.0865. The highest BCUT2D eigenvalue weighted by Gasteiger charge is 2.25. The Labute approximate surface area is 261 Å². The van der Waals surface area contributed by atoms with Crippen molar-refractivity contribution in [3.05, 3.63) is 64.7 Å². The van der Waals surface area contributed by atoms with Gasteiger partial charge in [0.25, 0.3) is 0 Å². The molecule has 0 aliphatic heterocycles. The van der Waals surface area contributed by atoms with Crippen molar-refractivity contribution in [1.29, 1.82) is 0 Å². The van der Waals surface area contributed by atoms with Gasteiger partial charge in [0.05, 0.1) is 23.8 Å². The van der Waals surface area contributed by atoms with E-state index in [0.29, 0.717) is 11.1 Å². The lowest BCUT2D eigenvalue weighted by molar-refractivity contribution is -0.0298. The molecule has 0 fully saturated rings. The molecule has 14 heteroatoms. The molecule has 3 aromatic rings. The summed E-state index contributed by atoms with van der Waals surface area (Å²) >= 11 is 0. The van der Waals surface area contributed by atoms with Crippen molar-refractivity contribution in [3.8, 4) is 11.3 Å². The van der Waals surface area contributed by atoms with Crippen molar-refractivity contribution in [2.75, 3.05) is 19.7 Å². The second-order valence-electron chi connectivity index (χ2n) is 10.6. The average Bonchev–Trinajstić information content (AvgIpc) is 3.37. The predicted molar refractivity (Wildman–Crippen MR) is 166 cm³/mol. The van der Waals surface area contributed by atoms with Crippen molar-refractivity contribution >= 4 is 31.0 Å². The molecule has 0 aliphatic carbocycles. The molecule has 13 nitrogen and oxygen atoms in total. The Kier molecular flexibility index (Phi) is 13.8. The predicted octanol–water partition coefficient (Wildman–Crippen LogP) is 7.21. The maximum Gasteiger partial charge on any atom is 0.510 e. The van der Waals surface area contributed by atoms with Crippen LogP contribution in [0.25, 0.3) is 22.4 Å². The Balaban J connectivity index is 1.64. The number of aryl methyl sites for hydroxylation is 1. The molecule has 2 aromatic heterocycles. The molecule has 0 spiro atoms. The van der Waals surface area contributed by atoms with Crippen LogP contribution in [-0.2, 0) is 45.5 Å². The molecule has 1 aromatic carbocycles. The van der Waals surface area contributed by atoms with Crippen LogP contribution in [0.1, 0.15) is 59.4 Å². The highest BCUT2D eigenvalue weighted by Crippen LogP contribution is 2.48. The van der Waals surface area contributed by atoms with Crippen molar-refractivity contribution in [3.63, 3.8) is 0 Å². The van der Waals surface area contributed by atoms with E-state index >= 15 is 0 Å². The van der Waals surface area contributed by atoms with Crippen LogP contribution in [0.4, 0.5) is 9.59 Å². The molecule has 0 radical (unpaired) electrons. The normalized spacial score (nSPS) is 11.9. The van der Waals surface area contributed by atoms with Crippen LogP contribution in [0, 0.1) is 0 Å². The molecule has 0 atom stereocenters. The van der Waals surface area contributed by atoms with Crippen LogP contribution < -0.4 is 5.69 Å². The Morgan fingerprint density at radius 1 is 0.956 bits per heavy atom. The van der Waals surface area contributed by atoms with E-state index in [9.17, 15) is 18.9 Å². The number of carbonyl (C=O) groups is 2. The second kappa shape index (κ2) is 17.5. The highest BCUT2D eigenvalue weighted by atomic mass is 31.2. The number of rotatable bonds is 17. The minimum atomic E-state index is -3.99. The lowest BCUT2D eigenvalue weighted by Gasteiger charge is -2.17. The van der Waals surface area contributed by atoms with E-state index in [-0.39, 0.29) is 18.4 Å². The molecule has 2 heterocycles. The van der Waals surface area contributed by atoms with Gasteiger partial charge in [0.1, 0.15) is 5.76 Å². The summed E-state index contributed by atoms with van der Waals surface area (Å²) in [5.74, 6) is 0.597. The van der Waals surface area contributed by atoms with Crippen LogP contribution in [0.3, 0.4) is 0 Å². The van der Waals surface area contributed by atoms with Gasteiger partial charge in [0, 0.05) is 18.3 Å². The lowest BCUT2D eigenvalue weighted by Crippen LogP contribution is -2.21. The molecular weight excluding hydrogens is 607 g/mol. The molecule has 0 bridgehead atoms. The monoisotopic (exact) mass is 648 g/mol. The van der Waals surface area contributed by atoms with E-state index in [1.165, 1.54) is 29.0 Å². The molecule has 0 saturated carbocycles. The van der Waals surface area contributed by atoms with Crippen LogP contribution in [0.2, 0.25) is 0 Å². The number of carbonyl (C=O) groups excluding carboxylic acids is 2. The standard InChI is InChI=1S/C31H41N2O11P/c1-6-7-8-11-24-12-14-25(15-13-24)27-18-26-19-33(29(34)32-28(26)44-27)16-9-10-17-45(37,40-20-38-30(35)42-22(2)3)41-21-39-31(36)43-23(4)5/h9-10,12-15,18-19,22-23H,6-8,11,16-17,20-21H2,1-5H3/b10-9+. The fourth-order valence-corrected chi connectivity index (χ4v) is 5.05. The molecule has 0 aliphatic rings. The van der Waals surface area contributed by atoms with Crippen LogP contribution in [0.15, 0.2) is 57.9 Å². The number of hydrogen-bond acceptors (Lipinski definition) is 12. The molecular formula is C31H41N2O11P. The zero-order chi connectivity index (χ0) is 32.8. The number of nitrogens with zero attached hydrogens (tertiary/aromatic N) is 2. The summed E-state index contributed by atoms with van der Waals surface area (Å²) in [6.45, 7) is 7.31. The Hall–Kier alpha value is -3.93. The Morgan fingerprint density at radius 2 is 1.58 bits per heavy atom. The smallest absolute Gasteiger partial charge is 0.437 e. The lowest BCUT2D eigenvalue weighted by atomic mass is 10.0. The van der Waals surface area contributed by atoms with Crippen LogP contribution in [0.5, 0.6) is 0 Å². The van der Waals surface area contributed by atoms with Gasteiger partial charge in [-0.15, -0.1) is 0 Å². The van der Waals surface area contributed by atoms with Crippen molar-refractivity contribution in [2.45, 2.75) is 79.1 Å². The molecule has 0 amide bonds. The number of ether oxygens (including phenoxy) is 4. The van der Waals surface area contributed by atoms with E-state index in [0.717, 1.165) is 18.4 Å². The highest BCUT2D eigenvalue weighted by molar-refractivity contribution is 7.54. The van der Waals surface area contributed by atoms with Gasteiger partial charge in [-0.2, -0.15) is 4.98 Å². The van der Waals surface area contributed by atoms with E-state index in [4.69, 9.17) is 32.4 Å². The van der Waals surface area contributed by atoms with Gasteiger partial charge in [-0.05, 0) is 52.2 Å². The van der Waals surface area contributed by atoms with E-state index in [1.54, 1.807) is 40.0 Å². The molecule has 3 rings (SSSR count). The first kappa shape index (κ1) is 35.5. The summed E-state index contributed by atoms with van der Waals surface area (Å²) < 4.78 is 50.0. The number of aromatic nitrogens is 2. The number of benzene rings is 1. The van der Waals surface area contributed by atoms with E-state index in [1.807, 2.05) is 18.2 Å².